The van der Waals surface area contributed by atoms with Crippen LogP contribution >= 0.6 is 0 Å². The normalized spacial score (nSPS) is 15.2. The highest BCUT2D eigenvalue weighted by Gasteiger charge is 2.31. The SMILES string of the molecule is Cc1nn(-c2ccc(F)cc2)c(C)c1C(=O)N1CCN(S(=O)(=O)Cc2ccccc2)CC1. The van der Waals surface area contributed by atoms with Gasteiger partial charge in [0, 0.05) is 26.2 Å². The predicted molar refractivity (Wildman–Crippen MR) is 120 cm³/mol. The molecule has 1 aliphatic heterocycles. The number of hydrogen-bond acceptors (Lipinski definition) is 4. The quantitative estimate of drug-likeness (QED) is 0.592. The summed E-state index contributed by atoms with van der Waals surface area (Å²) >= 11 is 0. The Kier molecular flexibility index (Phi) is 6.12. The Morgan fingerprint density at radius 1 is 0.969 bits per heavy atom. The van der Waals surface area contributed by atoms with Crippen molar-refractivity contribution in [3.05, 3.63) is 82.9 Å². The monoisotopic (exact) mass is 456 g/mol. The average Bonchev–Trinajstić information content (AvgIpc) is 3.08. The lowest BCUT2D eigenvalue weighted by Crippen LogP contribution is -2.50. The van der Waals surface area contributed by atoms with Gasteiger partial charge in [0.2, 0.25) is 10.0 Å². The number of rotatable bonds is 5. The van der Waals surface area contributed by atoms with Gasteiger partial charge in [-0.25, -0.2) is 17.5 Å². The number of amides is 1. The number of benzene rings is 2. The number of aromatic nitrogens is 2. The van der Waals surface area contributed by atoms with Crippen LogP contribution in [0.2, 0.25) is 0 Å². The fourth-order valence-electron chi connectivity index (χ4n) is 3.99. The lowest BCUT2D eigenvalue weighted by molar-refractivity contribution is 0.0696. The summed E-state index contributed by atoms with van der Waals surface area (Å²) < 4.78 is 41.9. The van der Waals surface area contributed by atoms with Gasteiger partial charge < -0.3 is 4.90 Å². The Hall–Kier alpha value is -3.04. The molecular formula is C23H25FN4O3S. The number of carbonyl (C=O) groups excluding carboxylic acids is 1. The van der Waals surface area contributed by atoms with Crippen molar-refractivity contribution in [1.82, 2.24) is 19.0 Å². The van der Waals surface area contributed by atoms with Crippen LogP contribution in [0.25, 0.3) is 5.69 Å². The Morgan fingerprint density at radius 2 is 1.59 bits per heavy atom. The van der Waals surface area contributed by atoms with E-state index >= 15 is 0 Å². The number of nitrogens with zero attached hydrogens (tertiary/aromatic N) is 4. The van der Waals surface area contributed by atoms with E-state index in [1.165, 1.54) is 16.4 Å². The molecule has 0 radical (unpaired) electrons. The first-order valence-corrected chi connectivity index (χ1v) is 12.0. The highest BCUT2D eigenvalue weighted by Crippen LogP contribution is 2.21. The smallest absolute Gasteiger partial charge is 0.257 e. The lowest BCUT2D eigenvalue weighted by atomic mass is 10.1. The Bertz CT molecular complexity index is 1220. The van der Waals surface area contributed by atoms with E-state index in [1.807, 2.05) is 18.2 Å². The van der Waals surface area contributed by atoms with E-state index in [1.54, 1.807) is 47.7 Å². The van der Waals surface area contributed by atoms with Gasteiger partial charge in [-0.1, -0.05) is 30.3 Å². The van der Waals surface area contributed by atoms with Gasteiger partial charge >= 0.3 is 0 Å². The van der Waals surface area contributed by atoms with E-state index in [0.717, 1.165) is 5.56 Å². The topological polar surface area (TPSA) is 75.5 Å². The zero-order valence-corrected chi connectivity index (χ0v) is 18.8. The molecule has 1 amide bonds. The number of sulfonamides is 1. The van der Waals surface area contributed by atoms with E-state index in [9.17, 15) is 17.6 Å². The van der Waals surface area contributed by atoms with Crippen molar-refractivity contribution in [1.29, 1.82) is 0 Å². The highest BCUT2D eigenvalue weighted by atomic mass is 32.2. The zero-order valence-electron chi connectivity index (χ0n) is 18.0. The van der Waals surface area contributed by atoms with Gasteiger partial charge in [0.15, 0.2) is 0 Å². The Labute approximate surface area is 187 Å². The molecule has 0 bridgehead atoms. The minimum Gasteiger partial charge on any atom is -0.336 e. The molecule has 1 aliphatic rings. The summed E-state index contributed by atoms with van der Waals surface area (Å²) in [5, 5.41) is 4.47. The maximum Gasteiger partial charge on any atom is 0.257 e. The molecular weight excluding hydrogens is 431 g/mol. The van der Waals surface area contributed by atoms with E-state index < -0.39 is 10.0 Å². The van der Waals surface area contributed by atoms with E-state index in [4.69, 9.17) is 0 Å². The summed E-state index contributed by atoms with van der Waals surface area (Å²) in [5.41, 5.74) is 3.15. The van der Waals surface area contributed by atoms with Crippen molar-refractivity contribution >= 4 is 15.9 Å². The molecule has 7 nitrogen and oxygen atoms in total. The molecule has 0 aliphatic carbocycles. The van der Waals surface area contributed by atoms with Gasteiger partial charge in [0.25, 0.3) is 5.91 Å². The second kappa shape index (κ2) is 8.84. The molecule has 1 aromatic heterocycles. The van der Waals surface area contributed by atoms with Crippen molar-refractivity contribution in [3.8, 4) is 5.69 Å². The second-order valence-corrected chi connectivity index (χ2v) is 9.84. The molecule has 1 saturated heterocycles. The zero-order chi connectivity index (χ0) is 22.9. The standard InChI is InChI=1S/C23H25FN4O3S/c1-17-22(18(2)28(25-17)21-10-8-20(24)9-11-21)23(29)26-12-14-27(15-13-26)32(30,31)16-19-6-4-3-5-7-19/h3-11H,12-16H2,1-2H3. The van der Waals surface area contributed by atoms with Crippen LogP contribution in [0.1, 0.15) is 27.3 Å². The summed E-state index contributed by atoms with van der Waals surface area (Å²) in [4.78, 5) is 14.9. The number of halogens is 1. The van der Waals surface area contributed by atoms with Crippen LogP contribution in [0.5, 0.6) is 0 Å². The summed E-state index contributed by atoms with van der Waals surface area (Å²) in [6.07, 6.45) is 0. The number of aryl methyl sites for hydroxylation is 1. The molecule has 0 atom stereocenters. The third-order valence-corrected chi connectivity index (χ3v) is 7.54. The fraction of sp³-hybridized carbons (Fsp3) is 0.304. The van der Waals surface area contributed by atoms with Crippen LogP contribution in [0, 0.1) is 19.7 Å². The van der Waals surface area contributed by atoms with E-state index in [-0.39, 0.29) is 30.6 Å². The molecule has 1 fully saturated rings. The molecule has 0 N–H and O–H groups in total. The average molecular weight is 457 g/mol. The fourth-order valence-corrected chi connectivity index (χ4v) is 5.51. The minimum atomic E-state index is -3.45. The molecule has 9 heteroatoms. The van der Waals surface area contributed by atoms with Crippen LogP contribution in [-0.4, -0.2) is 59.5 Å². The van der Waals surface area contributed by atoms with Crippen LogP contribution < -0.4 is 0 Å². The number of carbonyl (C=O) groups is 1. The molecule has 32 heavy (non-hydrogen) atoms. The molecule has 0 spiro atoms. The minimum absolute atomic E-state index is 0.0511. The van der Waals surface area contributed by atoms with E-state index in [0.29, 0.717) is 35.7 Å². The lowest BCUT2D eigenvalue weighted by Gasteiger charge is -2.34. The Balaban J connectivity index is 1.46. The summed E-state index contributed by atoms with van der Waals surface area (Å²) in [6, 6.07) is 15.0. The Morgan fingerprint density at radius 3 is 2.22 bits per heavy atom. The third-order valence-electron chi connectivity index (χ3n) is 5.69. The summed E-state index contributed by atoms with van der Waals surface area (Å²) in [7, 11) is -3.45. The first-order chi connectivity index (χ1) is 15.3. The van der Waals surface area contributed by atoms with Gasteiger partial charge in [-0.2, -0.15) is 9.40 Å². The molecule has 0 unspecified atom stereocenters. The number of hydrogen-bond donors (Lipinski definition) is 0. The van der Waals surface area contributed by atoms with Gasteiger partial charge in [-0.3, -0.25) is 4.79 Å². The first-order valence-electron chi connectivity index (χ1n) is 10.4. The molecule has 3 aromatic rings. The van der Waals surface area contributed by atoms with Gasteiger partial charge in [-0.15, -0.1) is 0 Å². The second-order valence-electron chi connectivity index (χ2n) is 7.87. The van der Waals surface area contributed by atoms with Crippen molar-refractivity contribution < 1.29 is 17.6 Å². The molecule has 168 valence electrons. The largest absolute Gasteiger partial charge is 0.336 e. The highest BCUT2D eigenvalue weighted by molar-refractivity contribution is 7.88. The molecule has 4 rings (SSSR count). The van der Waals surface area contributed by atoms with Crippen molar-refractivity contribution in [3.63, 3.8) is 0 Å². The molecule has 2 aromatic carbocycles. The predicted octanol–water partition coefficient (Wildman–Crippen LogP) is 2.92. The van der Waals surface area contributed by atoms with Crippen LogP contribution in [-0.2, 0) is 15.8 Å². The van der Waals surface area contributed by atoms with Crippen LogP contribution in [0.3, 0.4) is 0 Å². The van der Waals surface area contributed by atoms with Crippen LogP contribution in [0.4, 0.5) is 4.39 Å². The number of piperazine rings is 1. The summed E-state index contributed by atoms with van der Waals surface area (Å²) in [5.74, 6) is -0.565. The van der Waals surface area contributed by atoms with Crippen molar-refractivity contribution in [2.75, 3.05) is 26.2 Å². The maximum absolute atomic E-state index is 13.3. The van der Waals surface area contributed by atoms with E-state index in [2.05, 4.69) is 5.10 Å². The molecule has 2 heterocycles. The first kappa shape index (κ1) is 22.2. The molecule has 0 saturated carbocycles. The van der Waals surface area contributed by atoms with Crippen molar-refractivity contribution in [2.24, 2.45) is 0 Å². The van der Waals surface area contributed by atoms with Crippen molar-refractivity contribution in [2.45, 2.75) is 19.6 Å². The summed E-state index contributed by atoms with van der Waals surface area (Å²) in [6.45, 7) is 4.70. The van der Waals surface area contributed by atoms with Gasteiger partial charge in [0.05, 0.1) is 28.4 Å². The van der Waals surface area contributed by atoms with Gasteiger partial charge in [-0.05, 0) is 43.7 Å². The third kappa shape index (κ3) is 4.44. The van der Waals surface area contributed by atoms with Gasteiger partial charge in [0.1, 0.15) is 5.82 Å². The maximum atomic E-state index is 13.3. The van der Waals surface area contributed by atoms with Crippen LogP contribution in [0.15, 0.2) is 54.6 Å².